The Kier molecular flexibility index (Phi) is 9.10. The van der Waals surface area contributed by atoms with E-state index in [1.807, 2.05) is 0 Å². The zero-order valence-electron chi connectivity index (χ0n) is 15.0. The molecule has 1 heterocycles. The van der Waals surface area contributed by atoms with Crippen LogP contribution in [0.5, 0.6) is 0 Å². The van der Waals surface area contributed by atoms with Gasteiger partial charge in [0.2, 0.25) is 0 Å². The molecule has 21 heavy (non-hydrogen) atoms. The number of halogens is 1. The molecule has 5 heteroatoms. The Balaban J connectivity index is -0.00000120. The van der Waals surface area contributed by atoms with Crippen LogP contribution in [0.3, 0.4) is 0 Å². The molecular formula is C16H34ClN2PRu. The van der Waals surface area contributed by atoms with Gasteiger partial charge in [0, 0.05) is 25.7 Å². The molecule has 0 aromatic carbocycles. The predicted molar refractivity (Wildman–Crippen MR) is 90.3 cm³/mol. The number of hydrogen-bond donors (Lipinski definition) is 0. The van der Waals surface area contributed by atoms with Gasteiger partial charge in [0.1, 0.15) is 6.67 Å². The van der Waals surface area contributed by atoms with Crippen molar-refractivity contribution in [2.45, 2.75) is 78.2 Å². The van der Waals surface area contributed by atoms with Crippen molar-refractivity contribution in [2.75, 3.05) is 6.29 Å². The Morgan fingerprint density at radius 1 is 0.857 bits per heavy atom. The second-order valence-electron chi connectivity index (χ2n) is 8.42. The van der Waals surface area contributed by atoms with E-state index < -0.39 is 0 Å². The van der Waals surface area contributed by atoms with Gasteiger partial charge < -0.3 is 22.2 Å². The molecule has 0 aliphatic carbocycles. The predicted octanol–water partition coefficient (Wildman–Crippen LogP) is 2.28. The molecule has 0 fully saturated rings. The maximum Gasteiger partial charge on any atom is 1.00 e. The maximum absolute atomic E-state index is 2.38. The number of nitrogens with zero attached hydrogens (tertiary/aromatic N) is 2. The van der Waals surface area contributed by atoms with Crippen molar-refractivity contribution in [3.05, 3.63) is 19.1 Å². The molecule has 0 amide bonds. The fourth-order valence-electron chi connectivity index (χ4n) is 2.47. The van der Waals surface area contributed by atoms with Gasteiger partial charge in [-0.1, -0.05) is 49.5 Å². The fraction of sp³-hybridized carbons (Fsp3) is 0.812. The first kappa shape index (κ1) is 23.9. The molecule has 0 bridgehead atoms. The minimum Gasteiger partial charge on any atom is -1.00 e. The Morgan fingerprint density at radius 2 is 1.29 bits per heavy atom. The Bertz CT molecular complexity index is 332. The molecule has 0 aromatic rings. The van der Waals surface area contributed by atoms with Crippen LogP contribution >= 0.6 is 7.92 Å². The summed E-state index contributed by atoms with van der Waals surface area (Å²) in [6, 6.07) is 0. The molecule has 0 saturated carbocycles. The van der Waals surface area contributed by atoms with Crippen LogP contribution in [0.4, 0.5) is 0 Å². The monoisotopic (exact) mass is 422 g/mol. The third kappa shape index (κ3) is 7.19. The van der Waals surface area contributed by atoms with E-state index in [0.29, 0.717) is 10.3 Å². The third-order valence-electron chi connectivity index (χ3n) is 3.39. The summed E-state index contributed by atoms with van der Waals surface area (Å²) < 4.78 is 0. The van der Waals surface area contributed by atoms with Crippen molar-refractivity contribution in [3.63, 3.8) is 0 Å². The van der Waals surface area contributed by atoms with Crippen LogP contribution in [0, 0.1) is 6.67 Å². The average Bonchev–Trinajstić information content (AvgIpc) is 2.57. The molecular weight excluding hydrogens is 388 g/mol. The van der Waals surface area contributed by atoms with E-state index in [2.05, 4.69) is 91.2 Å². The van der Waals surface area contributed by atoms with E-state index in [9.17, 15) is 0 Å². The molecule has 0 aromatic heterocycles. The SMILES string of the molecule is CC(C)(C)N1[CH]N(CP(C(C)(C)C)C(C)(C)C)C=C1.[Cl-].[HH].[Ru+]. The molecule has 0 atom stereocenters. The smallest absolute Gasteiger partial charge is 1.00 e. The summed E-state index contributed by atoms with van der Waals surface area (Å²) in [5.74, 6) is 0. The Labute approximate surface area is 154 Å². The topological polar surface area (TPSA) is 6.48 Å². The van der Waals surface area contributed by atoms with Crippen molar-refractivity contribution >= 4 is 7.92 Å². The summed E-state index contributed by atoms with van der Waals surface area (Å²) in [6.07, 6.45) is 5.56. The van der Waals surface area contributed by atoms with Crippen LogP contribution in [0.1, 0.15) is 63.7 Å². The van der Waals surface area contributed by atoms with Crippen molar-refractivity contribution in [2.24, 2.45) is 0 Å². The standard InChI is InChI=1S/C16H32N2P.ClH.Ru.H2/c1-14(2,3)18-11-10-17(12-18)13-19(15(4,5)6)16(7,8)9;;;/h10-12H,13H2,1-9H3;1H;;1H/q;;+1;/p-1. The summed E-state index contributed by atoms with van der Waals surface area (Å²) in [5, 5.41) is 0.759. The fourth-order valence-corrected chi connectivity index (χ4v) is 5.82. The molecule has 1 aliphatic heterocycles. The van der Waals surface area contributed by atoms with Gasteiger partial charge in [-0.25, -0.2) is 0 Å². The quantitative estimate of drug-likeness (QED) is 0.498. The molecule has 1 rings (SSSR count). The van der Waals surface area contributed by atoms with Crippen LogP contribution in [0.2, 0.25) is 0 Å². The van der Waals surface area contributed by atoms with Crippen LogP contribution in [-0.2, 0) is 19.5 Å². The molecule has 2 radical (unpaired) electrons. The summed E-state index contributed by atoms with van der Waals surface area (Å²) in [7, 11) is -0.0919. The molecule has 0 unspecified atom stereocenters. The van der Waals surface area contributed by atoms with E-state index in [-0.39, 0.29) is 46.8 Å². The van der Waals surface area contributed by atoms with Crippen LogP contribution in [-0.4, -0.2) is 31.9 Å². The molecule has 0 spiro atoms. The second kappa shape index (κ2) is 7.98. The largest absolute Gasteiger partial charge is 1.00 e. The first-order valence-electron chi connectivity index (χ1n) is 7.17. The van der Waals surface area contributed by atoms with Gasteiger partial charge in [-0.2, -0.15) is 0 Å². The van der Waals surface area contributed by atoms with Crippen LogP contribution in [0.15, 0.2) is 12.4 Å². The number of rotatable bonds is 2. The van der Waals surface area contributed by atoms with Gasteiger partial charge in [-0.15, -0.1) is 0 Å². The van der Waals surface area contributed by atoms with Crippen molar-refractivity contribution in [1.82, 2.24) is 9.80 Å². The van der Waals surface area contributed by atoms with Gasteiger partial charge >= 0.3 is 19.5 Å². The summed E-state index contributed by atoms with van der Waals surface area (Å²) in [4.78, 5) is 4.67. The first-order chi connectivity index (χ1) is 8.32. The van der Waals surface area contributed by atoms with Crippen molar-refractivity contribution in [1.29, 1.82) is 0 Å². The third-order valence-corrected chi connectivity index (χ3v) is 7.24. The van der Waals surface area contributed by atoms with E-state index in [1.165, 1.54) is 0 Å². The maximum atomic E-state index is 2.38. The van der Waals surface area contributed by atoms with Crippen molar-refractivity contribution < 1.29 is 33.3 Å². The molecule has 0 N–H and O–H groups in total. The molecule has 128 valence electrons. The molecule has 2 nitrogen and oxygen atoms in total. The summed E-state index contributed by atoms with van der Waals surface area (Å²) in [6.45, 7) is 23.3. The second-order valence-corrected chi connectivity index (χ2v) is 12.2. The zero-order chi connectivity index (χ0) is 15.1. The summed E-state index contributed by atoms with van der Waals surface area (Å²) in [5.41, 5.74) is 0.164. The van der Waals surface area contributed by atoms with E-state index >= 15 is 0 Å². The van der Waals surface area contributed by atoms with E-state index in [4.69, 9.17) is 0 Å². The van der Waals surface area contributed by atoms with Gasteiger partial charge in [0.15, 0.2) is 0 Å². The zero-order valence-corrected chi connectivity index (χ0v) is 18.4. The normalized spacial score (nSPS) is 16.1. The van der Waals surface area contributed by atoms with E-state index in [1.54, 1.807) is 0 Å². The Hall–Kier alpha value is 0.683. The van der Waals surface area contributed by atoms with E-state index in [0.717, 1.165) is 6.29 Å². The first-order valence-corrected chi connectivity index (χ1v) is 8.70. The molecule has 0 saturated heterocycles. The van der Waals surface area contributed by atoms with Gasteiger partial charge in [-0.3, -0.25) is 0 Å². The van der Waals surface area contributed by atoms with Gasteiger partial charge in [0.25, 0.3) is 0 Å². The van der Waals surface area contributed by atoms with Crippen LogP contribution < -0.4 is 12.4 Å². The minimum absolute atomic E-state index is 0. The number of hydrogen-bond acceptors (Lipinski definition) is 2. The minimum atomic E-state index is -0.0919. The van der Waals surface area contributed by atoms with Crippen LogP contribution in [0.25, 0.3) is 0 Å². The van der Waals surface area contributed by atoms with Crippen molar-refractivity contribution in [3.8, 4) is 0 Å². The molecule has 1 aliphatic rings. The summed E-state index contributed by atoms with van der Waals surface area (Å²) >= 11 is 0. The average molecular weight is 422 g/mol. The van der Waals surface area contributed by atoms with Gasteiger partial charge in [0.05, 0.1) is 0 Å². The van der Waals surface area contributed by atoms with Gasteiger partial charge in [-0.05, 0) is 31.1 Å². The Morgan fingerprint density at radius 3 is 1.57 bits per heavy atom.